The normalized spacial score (nSPS) is 47.9. The quantitative estimate of drug-likeness (QED) is 0.699. The van der Waals surface area contributed by atoms with Gasteiger partial charge in [0.25, 0.3) is 0 Å². The largest absolute Gasteiger partial charge is 0.481 e. The minimum absolute atomic E-state index is 0.0820. The molecule has 3 rings (SSSR count). The average Bonchev–Trinajstić information content (AvgIpc) is 2.08. The van der Waals surface area contributed by atoms with Crippen LogP contribution in [0.15, 0.2) is 0 Å². The Morgan fingerprint density at radius 1 is 1.27 bits per heavy atom. The smallest absolute Gasteiger partial charge is 0.309 e. The van der Waals surface area contributed by atoms with Gasteiger partial charge in [-0.15, -0.1) is 0 Å². The van der Waals surface area contributed by atoms with Crippen molar-refractivity contribution in [2.45, 2.75) is 52.6 Å². The lowest BCUT2D eigenvalue weighted by Crippen LogP contribution is -2.61. The summed E-state index contributed by atoms with van der Waals surface area (Å²) in [6.45, 7) is 6.28. The molecule has 3 aliphatic carbocycles. The Morgan fingerprint density at radius 2 is 1.87 bits per heavy atom. The van der Waals surface area contributed by atoms with Crippen LogP contribution in [-0.4, -0.2) is 22.3 Å². The highest BCUT2D eigenvalue weighted by atomic mass is 16.4. The molecule has 0 radical (unpaired) electrons. The van der Waals surface area contributed by atoms with Crippen molar-refractivity contribution in [1.82, 2.24) is 0 Å². The van der Waals surface area contributed by atoms with Crippen molar-refractivity contribution in [3.63, 3.8) is 0 Å². The first-order valence-corrected chi connectivity index (χ1v) is 5.65. The van der Waals surface area contributed by atoms with Crippen LogP contribution in [0.2, 0.25) is 0 Å². The van der Waals surface area contributed by atoms with Gasteiger partial charge in [-0.2, -0.15) is 0 Å². The van der Waals surface area contributed by atoms with Gasteiger partial charge in [0, 0.05) is 0 Å². The van der Waals surface area contributed by atoms with E-state index in [1.807, 2.05) is 0 Å². The van der Waals surface area contributed by atoms with E-state index in [0.717, 1.165) is 12.8 Å². The Kier molecular flexibility index (Phi) is 2.01. The summed E-state index contributed by atoms with van der Waals surface area (Å²) in [5, 5.41) is 19.5. The number of carboxylic acid groups (broad SMARTS) is 1. The molecule has 2 N–H and O–H groups in total. The second-order valence-corrected chi connectivity index (χ2v) is 6.28. The van der Waals surface area contributed by atoms with Crippen LogP contribution in [0, 0.1) is 16.2 Å². The van der Waals surface area contributed by atoms with Gasteiger partial charge in [-0.25, -0.2) is 0 Å². The van der Waals surface area contributed by atoms with E-state index < -0.39 is 17.5 Å². The second-order valence-electron chi connectivity index (χ2n) is 6.28. The van der Waals surface area contributed by atoms with Gasteiger partial charge in [0.1, 0.15) is 0 Å². The number of aliphatic hydroxyl groups is 1. The van der Waals surface area contributed by atoms with Crippen LogP contribution in [0.25, 0.3) is 0 Å². The minimum atomic E-state index is -0.726. The molecule has 3 atom stereocenters. The lowest BCUT2D eigenvalue weighted by Gasteiger charge is -2.61. The van der Waals surface area contributed by atoms with E-state index >= 15 is 0 Å². The van der Waals surface area contributed by atoms with Gasteiger partial charge < -0.3 is 10.2 Å². The molecule has 0 amide bonds. The van der Waals surface area contributed by atoms with Crippen molar-refractivity contribution in [2.75, 3.05) is 0 Å². The second kappa shape index (κ2) is 2.76. The predicted octanol–water partition coefficient (Wildman–Crippen LogP) is 2.04. The summed E-state index contributed by atoms with van der Waals surface area (Å²) in [5.41, 5.74) is -0.855. The summed E-state index contributed by atoms with van der Waals surface area (Å²) in [6, 6.07) is 0. The van der Waals surface area contributed by atoms with E-state index in [9.17, 15) is 15.0 Å². The molecule has 0 aromatic rings. The standard InChI is InChI=1S/C12H20O3/c1-10(2)7-12(9(14)15)5-4-11(10,3)8(13)6-12/h8,13H,4-7H2,1-3H3,(H,14,15). The first-order valence-electron chi connectivity index (χ1n) is 5.65. The Hall–Kier alpha value is -0.570. The molecule has 0 aromatic carbocycles. The topological polar surface area (TPSA) is 57.5 Å². The molecule has 3 saturated carbocycles. The molecule has 15 heavy (non-hydrogen) atoms. The minimum Gasteiger partial charge on any atom is -0.481 e. The van der Waals surface area contributed by atoms with E-state index in [1.54, 1.807) is 0 Å². The maximum Gasteiger partial charge on any atom is 0.309 e. The predicted molar refractivity (Wildman–Crippen MR) is 56.4 cm³/mol. The van der Waals surface area contributed by atoms with Crippen molar-refractivity contribution in [1.29, 1.82) is 0 Å². The number of fused-ring (bicyclic) bond motifs is 3. The van der Waals surface area contributed by atoms with E-state index in [1.165, 1.54) is 0 Å². The molecule has 3 aliphatic rings. The fourth-order valence-electron chi connectivity index (χ4n) is 3.63. The van der Waals surface area contributed by atoms with Crippen molar-refractivity contribution >= 4 is 5.97 Å². The first-order chi connectivity index (χ1) is 6.74. The fraction of sp³-hybridized carbons (Fsp3) is 0.917. The van der Waals surface area contributed by atoms with Gasteiger partial charge in [-0.3, -0.25) is 4.79 Å². The highest BCUT2D eigenvalue weighted by Gasteiger charge is 2.63. The van der Waals surface area contributed by atoms with Crippen LogP contribution >= 0.6 is 0 Å². The fourth-order valence-corrected chi connectivity index (χ4v) is 3.63. The van der Waals surface area contributed by atoms with Gasteiger partial charge in [-0.05, 0) is 36.5 Å². The van der Waals surface area contributed by atoms with Crippen LogP contribution in [-0.2, 0) is 4.79 Å². The van der Waals surface area contributed by atoms with Crippen molar-refractivity contribution in [3.8, 4) is 0 Å². The maximum absolute atomic E-state index is 11.4. The number of carbonyl (C=O) groups is 1. The van der Waals surface area contributed by atoms with E-state index in [2.05, 4.69) is 20.8 Å². The van der Waals surface area contributed by atoms with Crippen LogP contribution in [0.4, 0.5) is 0 Å². The molecule has 3 heteroatoms. The van der Waals surface area contributed by atoms with Gasteiger partial charge >= 0.3 is 5.97 Å². The Bertz CT molecular complexity index is 310. The van der Waals surface area contributed by atoms with Crippen molar-refractivity contribution in [2.24, 2.45) is 16.2 Å². The van der Waals surface area contributed by atoms with Crippen LogP contribution in [0.1, 0.15) is 46.5 Å². The monoisotopic (exact) mass is 212 g/mol. The van der Waals surface area contributed by atoms with Crippen molar-refractivity contribution in [3.05, 3.63) is 0 Å². The van der Waals surface area contributed by atoms with Crippen LogP contribution in [0.5, 0.6) is 0 Å². The molecule has 0 heterocycles. The summed E-state index contributed by atoms with van der Waals surface area (Å²) < 4.78 is 0. The Balaban J connectivity index is 2.42. The lowest BCUT2D eigenvalue weighted by atomic mass is 9.43. The lowest BCUT2D eigenvalue weighted by molar-refractivity contribution is -0.201. The molecule has 3 fully saturated rings. The third-order valence-electron chi connectivity index (χ3n) is 5.22. The highest BCUT2D eigenvalue weighted by molar-refractivity contribution is 5.75. The summed E-state index contributed by atoms with van der Waals surface area (Å²) >= 11 is 0. The van der Waals surface area contributed by atoms with Gasteiger partial charge in [0.2, 0.25) is 0 Å². The molecule has 2 bridgehead atoms. The van der Waals surface area contributed by atoms with Gasteiger partial charge in [0.05, 0.1) is 11.5 Å². The first kappa shape index (κ1) is 10.9. The summed E-state index contributed by atoms with van der Waals surface area (Å²) in [5.74, 6) is -0.726. The van der Waals surface area contributed by atoms with E-state index in [0.29, 0.717) is 12.8 Å². The van der Waals surface area contributed by atoms with Crippen molar-refractivity contribution < 1.29 is 15.0 Å². The average molecular weight is 212 g/mol. The molecule has 3 nitrogen and oxygen atoms in total. The summed E-state index contributed by atoms with van der Waals surface area (Å²) in [6.07, 6.45) is 2.21. The third kappa shape index (κ3) is 1.19. The highest BCUT2D eigenvalue weighted by Crippen LogP contribution is 2.65. The Labute approximate surface area is 90.5 Å². The summed E-state index contributed by atoms with van der Waals surface area (Å²) in [4.78, 5) is 11.4. The molecule has 86 valence electrons. The SMILES string of the molecule is CC1(C)CC2(C(=O)O)CCC1(C)C(O)C2. The number of rotatable bonds is 1. The molecule has 0 saturated heterocycles. The van der Waals surface area contributed by atoms with Crippen LogP contribution < -0.4 is 0 Å². The van der Waals surface area contributed by atoms with Gasteiger partial charge in [-0.1, -0.05) is 20.8 Å². The molecular weight excluding hydrogens is 192 g/mol. The van der Waals surface area contributed by atoms with Crippen LogP contribution in [0.3, 0.4) is 0 Å². The number of carboxylic acids is 1. The van der Waals surface area contributed by atoms with E-state index in [-0.39, 0.29) is 10.8 Å². The molecule has 3 unspecified atom stereocenters. The zero-order valence-corrected chi connectivity index (χ0v) is 9.71. The molecular formula is C12H20O3. The number of aliphatic hydroxyl groups excluding tert-OH is 1. The third-order valence-corrected chi connectivity index (χ3v) is 5.22. The zero-order chi connectivity index (χ0) is 11.5. The number of hydrogen-bond donors (Lipinski definition) is 2. The molecule has 0 aliphatic heterocycles. The number of aliphatic carboxylic acids is 1. The Morgan fingerprint density at radius 3 is 2.27 bits per heavy atom. The maximum atomic E-state index is 11.4. The van der Waals surface area contributed by atoms with E-state index in [4.69, 9.17) is 0 Å². The zero-order valence-electron chi connectivity index (χ0n) is 9.71. The summed E-state index contributed by atoms with van der Waals surface area (Å²) in [7, 11) is 0. The van der Waals surface area contributed by atoms with Gasteiger partial charge in [0.15, 0.2) is 0 Å². The molecule has 0 aromatic heterocycles. The number of hydrogen-bond acceptors (Lipinski definition) is 2. The molecule has 0 spiro atoms.